The fourth-order valence-electron chi connectivity index (χ4n) is 2.20. The van der Waals surface area contributed by atoms with Crippen molar-refractivity contribution in [3.05, 3.63) is 35.0 Å². The van der Waals surface area contributed by atoms with Gasteiger partial charge in [-0.15, -0.1) is 11.3 Å². The number of unbranched alkanes of at least 4 members (excludes halogenated alkanes) is 1. The molecule has 0 spiro atoms. The molecule has 1 unspecified atom stereocenters. The summed E-state index contributed by atoms with van der Waals surface area (Å²) >= 11 is 1.71. The summed E-state index contributed by atoms with van der Waals surface area (Å²) in [5.41, 5.74) is 0. The summed E-state index contributed by atoms with van der Waals surface area (Å²) in [5, 5.41) is 4.67. The lowest BCUT2D eigenvalue weighted by atomic mass is 10.1. The van der Waals surface area contributed by atoms with E-state index in [1.54, 1.807) is 17.4 Å². The lowest BCUT2D eigenvalue weighted by molar-refractivity contribution is 0.501. The van der Waals surface area contributed by atoms with E-state index in [0.717, 1.165) is 23.1 Å². The molecule has 2 aromatic rings. The smallest absolute Gasteiger partial charge is 0.124 e. The van der Waals surface area contributed by atoms with Gasteiger partial charge in [0, 0.05) is 15.6 Å². The summed E-state index contributed by atoms with van der Waals surface area (Å²) < 4.78 is 14.2. The predicted molar refractivity (Wildman–Crippen MR) is 77.7 cm³/mol. The lowest BCUT2D eigenvalue weighted by Gasteiger charge is -2.15. The maximum Gasteiger partial charge on any atom is 0.124 e. The molecule has 98 valence electrons. The Bertz CT molecular complexity index is 506. The zero-order valence-corrected chi connectivity index (χ0v) is 11.8. The molecule has 0 saturated carbocycles. The Hall–Kier alpha value is -0.930. The van der Waals surface area contributed by atoms with Gasteiger partial charge in [0.05, 0.1) is 0 Å². The number of rotatable bonds is 6. The number of hydrogen-bond acceptors (Lipinski definition) is 2. The van der Waals surface area contributed by atoms with E-state index in [1.165, 1.54) is 23.8 Å². The van der Waals surface area contributed by atoms with Gasteiger partial charge in [0.25, 0.3) is 0 Å². The van der Waals surface area contributed by atoms with Gasteiger partial charge in [-0.2, -0.15) is 0 Å². The first-order chi connectivity index (χ1) is 8.74. The summed E-state index contributed by atoms with van der Waals surface area (Å²) in [5.74, 6) is -0.149. The maximum atomic E-state index is 13.2. The summed E-state index contributed by atoms with van der Waals surface area (Å²) in [7, 11) is 0. The fourth-order valence-corrected chi connectivity index (χ4v) is 3.40. The molecule has 18 heavy (non-hydrogen) atoms. The molecule has 0 aliphatic carbocycles. The fraction of sp³-hybridized carbons (Fsp3) is 0.467. The van der Waals surface area contributed by atoms with Gasteiger partial charge in [-0.25, -0.2) is 4.39 Å². The van der Waals surface area contributed by atoms with Gasteiger partial charge >= 0.3 is 0 Å². The first kappa shape index (κ1) is 13.5. The molecular weight excluding hydrogens is 245 g/mol. The van der Waals surface area contributed by atoms with Crippen LogP contribution in [0.25, 0.3) is 10.1 Å². The van der Waals surface area contributed by atoms with Crippen molar-refractivity contribution >= 4 is 21.4 Å². The molecule has 0 fully saturated rings. The van der Waals surface area contributed by atoms with E-state index in [1.807, 2.05) is 6.07 Å². The van der Waals surface area contributed by atoms with Crippen molar-refractivity contribution in [2.24, 2.45) is 0 Å². The highest BCUT2D eigenvalue weighted by Gasteiger charge is 2.13. The third kappa shape index (κ3) is 3.09. The molecule has 1 aromatic carbocycles. The van der Waals surface area contributed by atoms with E-state index in [4.69, 9.17) is 0 Å². The van der Waals surface area contributed by atoms with Crippen molar-refractivity contribution in [2.75, 3.05) is 6.54 Å². The molecule has 1 heterocycles. The standard InChI is InChI=1S/C15H20FNS/c1-3-5-6-13(17-4-2)15-9-11-7-8-12(16)10-14(11)18-15/h7-10,13,17H,3-6H2,1-2H3. The van der Waals surface area contributed by atoms with Gasteiger partial charge in [-0.3, -0.25) is 0 Å². The van der Waals surface area contributed by atoms with Gasteiger partial charge < -0.3 is 5.32 Å². The molecule has 2 rings (SSSR count). The molecular formula is C15H20FNS. The third-order valence-corrected chi connectivity index (χ3v) is 4.35. The largest absolute Gasteiger partial charge is 0.310 e. The van der Waals surface area contributed by atoms with E-state index in [9.17, 15) is 4.39 Å². The zero-order valence-electron chi connectivity index (χ0n) is 11.0. The quantitative estimate of drug-likeness (QED) is 0.784. The van der Waals surface area contributed by atoms with Gasteiger partial charge in [-0.05, 0) is 36.6 Å². The van der Waals surface area contributed by atoms with E-state index >= 15 is 0 Å². The first-order valence-electron chi connectivity index (χ1n) is 6.67. The number of thiophene rings is 1. The Labute approximate surface area is 112 Å². The minimum atomic E-state index is -0.149. The van der Waals surface area contributed by atoms with Crippen LogP contribution in [0.5, 0.6) is 0 Å². The molecule has 1 N–H and O–H groups in total. The highest BCUT2D eigenvalue weighted by Crippen LogP contribution is 2.32. The summed E-state index contributed by atoms with van der Waals surface area (Å²) in [4.78, 5) is 1.32. The average Bonchev–Trinajstić information content (AvgIpc) is 2.77. The zero-order chi connectivity index (χ0) is 13.0. The Balaban J connectivity index is 2.26. The molecule has 0 radical (unpaired) electrons. The predicted octanol–water partition coefficient (Wildman–Crippen LogP) is 4.88. The van der Waals surface area contributed by atoms with E-state index in [0.29, 0.717) is 6.04 Å². The van der Waals surface area contributed by atoms with Crippen molar-refractivity contribution in [2.45, 2.75) is 39.2 Å². The number of fused-ring (bicyclic) bond motifs is 1. The Morgan fingerprint density at radius 2 is 2.11 bits per heavy atom. The van der Waals surface area contributed by atoms with Gasteiger partial charge in [0.15, 0.2) is 0 Å². The van der Waals surface area contributed by atoms with E-state index in [-0.39, 0.29) is 5.82 Å². The number of benzene rings is 1. The normalized spacial score (nSPS) is 13.1. The second-order valence-electron chi connectivity index (χ2n) is 4.58. The first-order valence-corrected chi connectivity index (χ1v) is 7.48. The molecule has 3 heteroatoms. The van der Waals surface area contributed by atoms with Crippen LogP contribution >= 0.6 is 11.3 Å². The monoisotopic (exact) mass is 265 g/mol. The van der Waals surface area contributed by atoms with E-state index < -0.39 is 0 Å². The Kier molecular flexibility index (Phi) is 4.72. The molecule has 1 nitrogen and oxygen atoms in total. The van der Waals surface area contributed by atoms with Crippen molar-refractivity contribution < 1.29 is 4.39 Å². The lowest BCUT2D eigenvalue weighted by Crippen LogP contribution is -2.19. The van der Waals surface area contributed by atoms with Crippen molar-refractivity contribution in [1.82, 2.24) is 5.32 Å². The number of hydrogen-bond donors (Lipinski definition) is 1. The molecule has 0 amide bonds. The van der Waals surface area contributed by atoms with E-state index in [2.05, 4.69) is 25.2 Å². The average molecular weight is 265 g/mol. The van der Waals surface area contributed by atoms with Crippen LogP contribution in [0.4, 0.5) is 4.39 Å². The second-order valence-corrected chi connectivity index (χ2v) is 5.70. The third-order valence-electron chi connectivity index (χ3n) is 3.14. The van der Waals surface area contributed by atoms with Gasteiger partial charge in [0.1, 0.15) is 5.82 Å². The Morgan fingerprint density at radius 1 is 1.28 bits per heavy atom. The molecule has 0 bridgehead atoms. The summed E-state index contributed by atoms with van der Waals surface area (Å²) in [6.07, 6.45) is 3.58. The second kappa shape index (κ2) is 6.30. The van der Waals surface area contributed by atoms with Crippen molar-refractivity contribution in [3.63, 3.8) is 0 Å². The van der Waals surface area contributed by atoms with Gasteiger partial charge in [-0.1, -0.05) is 32.8 Å². The molecule has 0 aliphatic heterocycles. The molecule has 0 saturated heterocycles. The van der Waals surface area contributed by atoms with Crippen molar-refractivity contribution in [3.8, 4) is 0 Å². The van der Waals surface area contributed by atoms with Gasteiger partial charge in [0.2, 0.25) is 0 Å². The van der Waals surface area contributed by atoms with Crippen LogP contribution in [0, 0.1) is 5.82 Å². The minimum Gasteiger partial charge on any atom is -0.310 e. The molecule has 1 aromatic heterocycles. The summed E-state index contributed by atoms with van der Waals surface area (Å²) in [6.45, 7) is 5.31. The van der Waals surface area contributed by atoms with Crippen LogP contribution in [-0.4, -0.2) is 6.54 Å². The number of halogens is 1. The highest BCUT2D eigenvalue weighted by atomic mass is 32.1. The van der Waals surface area contributed by atoms with Crippen LogP contribution in [0.1, 0.15) is 44.0 Å². The van der Waals surface area contributed by atoms with Crippen LogP contribution in [-0.2, 0) is 0 Å². The SMILES string of the molecule is CCCCC(NCC)c1cc2ccc(F)cc2s1. The van der Waals surface area contributed by atoms with Crippen molar-refractivity contribution in [1.29, 1.82) is 0 Å². The van der Waals surface area contributed by atoms with Crippen LogP contribution in [0.2, 0.25) is 0 Å². The summed E-state index contributed by atoms with van der Waals surface area (Å²) in [6, 6.07) is 7.64. The number of nitrogens with one attached hydrogen (secondary N) is 1. The minimum absolute atomic E-state index is 0.149. The topological polar surface area (TPSA) is 12.0 Å². The van der Waals surface area contributed by atoms with Crippen LogP contribution in [0.3, 0.4) is 0 Å². The molecule has 1 atom stereocenters. The Morgan fingerprint density at radius 3 is 2.83 bits per heavy atom. The van der Waals surface area contributed by atoms with Crippen LogP contribution < -0.4 is 5.32 Å². The maximum absolute atomic E-state index is 13.2. The van der Waals surface area contributed by atoms with Crippen LogP contribution in [0.15, 0.2) is 24.3 Å². The molecule has 0 aliphatic rings. The highest BCUT2D eigenvalue weighted by molar-refractivity contribution is 7.19.